The lowest BCUT2D eigenvalue weighted by Crippen LogP contribution is -2.37. The summed E-state index contributed by atoms with van der Waals surface area (Å²) in [6.07, 6.45) is -0.958. The van der Waals surface area contributed by atoms with E-state index in [4.69, 9.17) is 16.4 Å². The molecule has 0 saturated carbocycles. The molecule has 0 bridgehead atoms. The number of fused-ring (bicyclic) bond motifs is 2. The highest BCUT2D eigenvalue weighted by Gasteiger charge is 2.60. The number of para-hydroxylation sites is 3. The zero-order valence-electron chi connectivity index (χ0n) is 18.3. The Morgan fingerprint density at radius 1 is 0.882 bits per heavy atom. The Kier molecular flexibility index (Phi) is 4.86. The number of hydrogen-bond donors (Lipinski definition) is 0. The van der Waals surface area contributed by atoms with E-state index in [0.717, 1.165) is 22.2 Å². The first-order valence-electron chi connectivity index (χ1n) is 11.0. The smallest absolute Gasteiger partial charge is 0.266 e. The van der Waals surface area contributed by atoms with Gasteiger partial charge in [0.05, 0.1) is 22.9 Å². The van der Waals surface area contributed by atoms with Crippen LogP contribution in [-0.4, -0.2) is 22.9 Å². The van der Waals surface area contributed by atoms with Gasteiger partial charge in [-0.15, -0.1) is 0 Å². The van der Waals surface area contributed by atoms with Gasteiger partial charge >= 0.3 is 0 Å². The molecule has 0 unspecified atom stereocenters. The van der Waals surface area contributed by atoms with Crippen LogP contribution in [0.4, 0.5) is 11.4 Å². The fourth-order valence-electron chi connectivity index (χ4n) is 4.90. The van der Waals surface area contributed by atoms with E-state index >= 15 is 0 Å². The molecule has 3 heterocycles. The third-order valence-electron chi connectivity index (χ3n) is 6.51. The highest BCUT2D eigenvalue weighted by molar-refractivity contribution is 6.31. The Hall–Kier alpha value is -3.74. The summed E-state index contributed by atoms with van der Waals surface area (Å²) in [5, 5.41) is 2.81. The number of nitrogens with zero attached hydrogens (tertiary/aromatic N) is 3. The average molecular weight is 470 g/mol. The van der Waals surface area contributed by atoms with Crippen LogP contribution in [-0.2, 0) is 14.4 Å². The number of anilines is 2. The molecule has 6 rings (SSSR count). The number of aromatic nitrogens is 1. The summed E-state index contributed by atoms with van der Waals surface area (Å²) in [7, 11) is 0. The van der Waals surface area contributed by atoms with Gasteiger partial charge in [0.25, 0.3) is 5.91 Å². The molecule has 0 N–H and O–H groups in total. The number of pyridine rings is 1. The van der Waals surface area contributed by atoms with Gasteiger partial charge in [-0.1, -0.05) is 66.2 Å². The Morgan fingerprint density at radius 2 is 1.59 bits per heavy atom. The standard InChI is InChI=1S/C27H20ClN3O3/c1-16-9-5-8-14-21(16)30-26(32)22-23(19-15-17-10-6-7-13-20(17)29-25(19)28)31(34-24(22)27(30)33)18-11-3-2-4-12-18/h2-15,22-24H,1H3/t22-,23+,24+/m1/s1. The first-order chi connectivity index (χ1) is 16.5. The second-order valence-electron chi connectivity index (χ2n) is 8.52. The Bertz CT molecular complexity index is 1440. The minimum atomic E-state index is -0.958. The molecule has 2 amide bonds. The Balaban J connectivity index is 1.51. The summed E-state index contributed by atoms with van der Waals surface area (Å²) in [6, 6.07) is 25.7. The number of carbonyl (C=O) groups excluding carboxylic acids is 2. The van der Waals surface area contributed by atoms with Crippen LogP contribution in [0.5, 0.6) is 0 Å². The van der Waals surface area contributed by atoms with Gasteiger partial charge in [0, 0.05) is 10.9 Å². The fourth-order valence-corrected chi connectivity index (χ4v) is 5.15. The van der Waals surface area contributed by atoms with E-state index < -0.39 is 18.1 Å². The zero-order chi connectivity index (χ0) is 23.4. The van der Waals surface area contributed by atoms with E-state index in [2.05, 4.69) is 4.98 Å². The fraction of sp³-hybridized carbons (Fsp3) is 0.148. The number of rotatable bonds is 3. The molecule has 7 heteroatoms. The Labute approximate surface area is 201 Å². The molecule has 2 aliphatic heterocycles. The highest BCUT2D eigenvalue weighted by Crippen LogP contribution is 2.49. The molecule has 0 spiro atoms. The van der Waals surface area contributed by atoms with Crippen LogP contribution in [0.2, 0.25) is 5.15 Å². The molecule has 0 radical (unpaired) electrons. The lowest BCUT2D eigenvalue weighted by atomic mass is 9.90. The number of carbonyl (C=O) groups is 2. The maximum Gasteiger partial charge on any atom is 0.266 e. The minimum absolute atomic E-state index is 0.281. The van der Waals surface area contributed by atoms with Gasteiger partial charge in [-0.05, 0) is 42.8 Å². The molecule has 2 fully saturated rings. The van der Waals surface area contributed by atoms with Gasteiger partial charge in [0.1, 0.15) is 11.1 Å². The van der Waals surface area contributed by atoms with Crippen LogP contribution >= 0.6 is 11.6 Å². The van der Waals surface area contributed by atoms with Crippen molar-refractivity contribution in [1.29, 1.82) is 0 Å². The van der Waals surface area contributed by atoms with Crippen LogP contribution < -0.4 is 9.96 Å². The number of aryl methyl sites for hydroxylation is 1. The Morgan fingerprint density at radius 3 is 2.38 bits per heavy atom. The van der Waals surface area contributed by atoms with Crippen molar-refractivity contribution < 1.29 is 14.4 Å². The van der Waals surface area contributed by atoms with Gasteiger partial charge < -0.3 is 0 Å². The van der Waals surface area contributed by atoms with Crippen molar-refractivity contribution in [2.45, 2.75) is 19.1 Å². The van der Waals surface area contributed by atoms with Gasteiger partial charge in [0.2, 0.25) is 5.91 Å². The quantitative estimate of drug-likeness (QED) is 0.303. The first kappa shape index (κ1) is 20.8. The molecule has 3 atom stereocenters. The number of imide groups is 1. The van der Waals surface area contributed by atoms with E-state index in [9.17, 15) is 9.59 Å². The molecule has 6 nitrogen and oxygen atoms in total. The summed E-state index contributed by atoms with van der Waals surface area (Å²) in [5.41, 5.74) is 3.54. The van der Waals surface area contributed by atoms with Crippen molar-refractivity contribution in [1.82, 2.24) is 4.98 Å². The molecule has 1 aromatic heterocycles. The SMILES string of the molecule is Cc1ccccc1N1C(=O)[C@H]2[C@H](ON(c3ccccc3)[C@H]2c2cc3ccccc3nc2Cl)C1=O. The van der Waals surface area contributed by atoms with Crippen molar-refractivity contribution in [2.24, 2.45) is 5.92 Å². The monoisotopic (exact) mass is 469 g/mol. The number of hydrogen-bond acceptors (Lipinski definition) is 5. The summed E-state index contributed by atoms with van der Waals surface area (Å²) in [4.78, 5) is 39.4. The highest BCUT2D eigenvalue weighted by atomic mass is 35.5. The van der Waals surface area contributed by atoms with Gasteiger partial charge in [-0.2, -0.15) is 0 Å². The van der Waals surface area contributed by atoms with Crippen LogP contribution in [0.1, 0.15) is 17.2 Å². The van der Waals surface area contributed by atoms with E-state index in [1.54, 1.807) is 11.1 Å². The summed E-state index contributed by atoms with van der Waals surface area (Å²) >= 11 is 6.69. The van der Waals surface area contributed by atoms with E-state index in [1.165, 1.54) is 4.90 Å². The van der Waals surface area contributed by atoms with Crippen LogP contribution in [0.25, 0.3) is 10.9 Å². The van der Waals surface area contributed by atoms with E-state index in [0.29, 0.717) is 11.3 Å². The van der Waals surface area contributed by atoms with E-state index in [1.807, 2.05) is 85.8 Å². The summed E-state index contributed by atoms with van der Waals surface area (Å²) in [5.74, 6) is -1.46. The first-order valence-corrected chi connectivity index (χ1v) is 11.4. The number of hydroxylamine groups is 1. The van der Waals surface area contributed by atoms with Gasteiger partial charge in [-0.3, -0.25) is 14.4 Å². The van der Waals surface area contributed by atoms with Crippen LogP contribution in [0.15, 0.2) is 84.9 Å². The topological polar surface area (TPSA) is 62.7 Å². The number of benzene rings is 3. The third-order valence-corrected chi connectivity index (χ3v) is 6.81. The maximum absolute atomic E-state index is 13.8. The molecule has 168 valence electrons. The van der Waals surface area contributed by atoms with Crippen molar-refractivity contribution >= 4 is 45.7 Å². The predicted octanol–water partition coefficient (Wildman–Crippen LogP) is 5.25. The minimum Gasteiger partial charge on any atom is -0.273 e. The van der Waals surface area contributed by atoms with Crippen molar-refractivity contribution in [3.05, 3.63) is 101 Å². The molecule has 0 aliphatic carbocycles. The van der Waals surface area contributed by atoms with Crippen LogP contribution in [0, 0.1) is 12.8 Å². The molecule has 2 saturated heterocycles. The van der Waals surface area contributed by atoms with Crippen molar-refractivity contribution in [2.75, 3.05) is 9.96 Å². The lowest BCUT2D eigenvalue weighted by Gasteiger charge is -2.29. The van der Waals surface area contributed by atoms with E-state index in [-0.39, 0.29) is 17.0 Å². The summed E-state index contributed by atoms with van der Waals surface area (Å²) in [6.45, 7) is 1.88. The maximum atomic E-state index is 13.8. The molecule has 34 heavy (non-hydrogen) atoms. The zero-order valence-corrected chi connectivity index (χ0v) is 19.0. The number of amides is 2. The van der Waals surface area contributed by atoms with Crippen LogP contribution in [0.3, 0.4) is 0 Å². The third kappa shape index (κ3) is 3.10. The second-order valence-corrected chi connectivity index (χ2v) is 8.88. The molecular formula is C27H20ClN3O3. The van der Waals surface area contributed by atoms with Crippen molar-refractivity contribution in [3.8, 4) is 0 Å². The van der Waals surface area contributed by atoms with Gasteiger partial charge in [-0.25, -0.2) is 14.9 Å². The molecule has 2 aliphatic rings. The average Bonchev–Trinajstić information content (AvgIpc) is 3.35. The lowest BCUT2D eigenvalue weighted by molar-refractivity contribution is -0.126. The predicted molar refractivity (Wildman–Crippen MR) is 130 cm³/mol. The van der Waals surface area contributed by atoms with Gasteiger partial charge in [0.15, 0.2) is 6.10 Å². The largest absolute Gasteiger partial charge is 0.273 e. The summed E-state index contributed by atoms with van der Waals surface area (Å²) < 4.78 is 0. The number of halogens is 1. The second kappa shape index (κ2) is 7.94. The molecule has 4 aromatic rings. The molecular weight excluding hydrogens is 450 g/mol. The normalized spacial score (nSPS) is 22.0. The molecule has 3 aromatic carbocycles. The van der Waals surface area contributed by atoms with Crippen molar-refractivity contribution in [3.63, 3.8) is 0 Å².